The molecule has 1 aromatic rings. The van der Waals surface area contributed by atoms with Crippen molar-refractivity contribution in [3.05, 3.63) is 35.4 Å². The molecule has 1 heterocycles. The van der Waals surface area contributed by atoms with E-state index in [0.717, 1.165) is 29.2 Å². The summed E-state index contributed by atoms with van der Waals surface area (Å²) in [4.78, 5) is 12.2. The van der Waals surface area contributed by atoms with Gasteiger partial charge in [-0.05, 0) is 11.1 Å². The van der Waals surface area contributed by atoms with Crippen molar-refractivity contribution in [2.24, 2.45) is 0 Å². The molecule has 0 spiro atoms. The number of aliphatic hydroxyl groups excluding tert-OH is 1. The molecule has 1 amide bonds. The normalized spacial score (nSPS) is 29.8. The first kappa shape index (κ1) is 13.0. The van der Waals surface area contributed by atoms with E-state index < -0.39 is 6.10 Å². The van der Waals surface area contributed by atoms with Crippen molar-refractivity contribution in [3.8, 4) is 0 Å². The van der Waals surface area contributed by atoms with Gasteiger partial charge in [0.1, 0.15) is 0 Å². The first-order valence-electron chi connectivity index (χ1n) is 6.63. The highest BCUT2D eigenvalue weighted by molar-refractivity contribution is 7.99. The van der Waals surface area contributed by atoms with E-state index in [2.05, 4.69) is 10.6 Å². The summed E-state index contributed by atoms with van der Waals surface area (Å²) in [6, 6.07) is 7.51. The lowest BCUT2D eigenvalue weighted by Crippen LogP contribution is -2.50. The lowest BCUT2D eigenvalue weighted by molar-refractivity contribution is -0.124. The highest BCUT2D eigenvalue weighted by Crippen LogP contribution is 2.31. The highest BCUT2D eigenvalue weighted by atomic mass is 32.2. The Morgan fingerprint density at radius 2 is 2.26 bits per heavy atom. The summed E-state index contributed by atoms with van der Waals surface area (Å²) < 4.78 is 0. The fourth-order valence-electron chi connectivity index (χ4n) is 2.74. The molecule has 5 heteroatoms. The van der Waals surface area contributed by atoms with Crippen LogP contribution in [0.3, 0.4) is 0 Å². The van der Waals surface area contributed by atoms with Crippen LogP contribution in [0.15, 0.2) is 24.3 Å². The number of rotatable bonds is 2. The van der Waals surface area contributed by atoms with Gasteiger partial charge in [0, 0.05) is 24.5 Å². The molecule has 102 valence electrons. The first-order valence-corrected chi connectivity index (χ1v) is 7.78. The molecule has 0 radical (unpaired) electrons. The van der Waals surface area contributed by atoms with E-state index in [9.17, 15) is 9.90 Å². The van der Waals surface area contributed by atoms with Gasteiger partial charge in [0.2, 0.25) is 5.91 Å². The number of hydrogen-bond acceptors (Lipinski definition) is 4. The Balaban J connectivity index is 1.71. The minimum absolute atomic E-state index is 0.00652. The van der Waals surface area contributed by atoms with Crippen LogP contribution < -0.4 is 10.6 Å². The van der Waals surface area contributed by atoms with Crippen LogP contribution in [0.2, 0.25) is 0 Å². The molecule has 3 atom stereocenters. The standard InChI is InChI=1S/C14H18N2O2S/c17-12-7-9-3-1-2-4-10(9)13(12)16-14(18)11-8-19-6-5-15-11/h1-4,11-13,15,17H,5-8H2,(H,16,18)/t11?,12-,13+/m1/s1. The minimum Gasteiger partial charge on any atom is -0.390 e. The molecule has 0 bridgehead atoms. The summed E-state index contributed by atoms with van der Waals surface area (Å²) in [6.07, 6.45) is 0.103. The van der Waals surface area contributed by atoms with Gasteiger partial charge in [0.05, 0.1) is 18.2 Å². The van der Waals surface area contributed by atoms with Crippen molar-refractivity contribution >= 4 is 17.7 Å². The molecule has 1 aliphatic heterocycles. The van der Waals surface area contributed by atoms with E-state index in [0.29, 0.717) is 6.42 Å². The van der Waals surface area contributed by atoms with Crippen molar-refractivity contribution < 1.29 is 9.90 Å². The van der Waals surface area contributed by atoms with Gasteiger partial charge in [0.25, 0.3) is 0 Å². The predicted octanol–water partition coefficient (Wildman–Crippen LogP) is 0.466. The van der Waals surface area contributed by atoms with Gasteiger partial charge < -0.3 is 15.7 Å². The zero-order valence-electron chi connectivity index (χ0n) is 10.6. The lowest BCUT2D eigenvalue weighted by Gasteiger charge is -2.25. The third-order valence-electron chi connectivity index (χ3n) is 3.74. The van der Waals surface area contributed by atoms with E-state index in [4.69, 9.17) is 0 Å². The Bertz CT molecular complexity index is 474. The molecule has 2 aliphatic rings. The second kappa shape index (κ2) is 5.53. The molecular weight excluding hydrogens is 260 g/mol. The summed E-state index contributed by atoms with van der Waals surface area (Å²) in [6.45, 7) is 0.868. The van der Waals surface area contributed by atoms with Gasteiger partial charge in [-0.25, -0.2) is 0 Å². The number of aliphatic hydroxyl groups is 1. The monoisotopic (exact) mass is 278 g/mol. The van der Waals surface area contributed by atoms with Crippen molar-refractivity contribution in [3.63, 3.8) is 0 Å². The van der Waals surface area contributed by atoms with Gasteiger partial charge >= 0.3 is 0 Å². The molecule has 1 aliphatic carbocycles. The summed E-state index contributed by atoms with van der Waals surface area (Å²) in [7, 11) is 0. The number of thioether (sulfide) groups is 1. The second-order valence-electron chi connectivity index (χ2n) is 5.04. The van der Waals surface area contributed by atoms with Crippen molar-refractivity contribution in [2.45, 2.75) is 24.6 Å². The van der Waals surface area contributed by atoms with Gasteiger partial charge in [-0.15, -0.1) is 0 Å². The maximum absolute atomic E-state index is 12.2. The van der Waals surface area contributed by atoms with Crippen LogP contribution in [-0.4, -0.2) is 41.2 Å². The molecular formula is C14H18N2O2S. The maximum atomic E-state index is 12.2. The number of hydrogen-bond donors (Lipinski definition) is 3. The third-order valence-corrected chi connectivity index (χ3v) is 4.80. The molecule has 3 N–H and O–H groups in total. The molecule has 0 aromatic heterocycles. The quantitative estimate of drug-likeness (QED) is 0.736. The van der Waals surface area contributed by atoms with E-state index in [1.54, 1.807) is 11.8 Å². The van der Waals surface area contributed by atoms with Gasteiger partial charge in [-0.2, -0.15) is 11.8 Å². The van der Waals surface area contributed by atoms with Crippen LogP contribution in [0.5, 0.6) is 0 Å². The Morgan fingerprint density at radius 1 is 1.42 bits per heavy atom. The average Bonchev–Trinajstić information content (AvgIpc) is 2.76. The third kappa shape index (κ3) is 2.63. The summed E-state index contributed by atoms with van der Waals surface area (Å²) in [5.74, 6) is 1.85. The Hall–Kier alpha value is -1.04. The topological polar surface area (TPSA) is 61.4 Å². The molecule has 4 nitrogen and oxygen atoms in total. The fraction of sp³-hybridized carbons (Fsp3) is 0.500. The molecule has 3 rings (SSSR count). The fourth-order valence-corrected chi connectivity index (χ4v) is 3.67. The van der Waals surface area contributed by atoms with Crippen molar-refractivity contribution in [1.82, 2.24) is 10.6 Å². The number of fused-ring (bicyclic) bond motifs is 1. The van der Waals surface area contributed by atoms with Gasteiger partial charge in [-0.3, -0.25) is 4.79 Å². The van der Waals surface area contributed by atoms with Crippen molar-refractivity contribution in [2.75, 3.05) is 18.1 Å². The largest absolute Gasteiger partial charge is 0.390 e. The van der Waals surface area contributed by atoms with Gasteiger partial charge in [-0.1, -0.05) is 24.3 Å². The number of benzene rings is 1. The molecule has 1 fully saturated rings. The number of amides is 1. The molecule has 19 heavy (non-hydrogen) atoms. The zero-order valence-corrected chi connectivity index (χ0v) is 11.5. The van der Waals surface area contributed by atoms with Crippen LogP contribution >= 0.6 is 11.8 Å². The van der Waals surface area contributed by atoms with E-state index in [1.165, 1.54) is 0 Å². The number of carbonyl (C=O) groups is 1. The van der Waals surface area contributed by atoms with E-state index in [1.807, 2.05) is 24.3 Å². The molecule has 1 aromatic carbocycles. The van der Waals surface area contributed by atoms with Crippen LogP contribution in [0.25, 0.3) is 0 Å². The summed E-state index contributed by atoms with van der Waals surface area (Å²) >= 11 is 1.79. The van der Waals surface area contributed by atoms with Crippen molar-refractivity contribution in [1.29, 1.82) is 0 Å². The summed E-state index contributed by atoms with van der Waals surface area (Å²) in [5.41, 5.74) is 2.18. The molecule has 1 unspecified atom stereocenters. The predicted molar refractivity (Wildman–Crippen MR) is 76.2 cm³/mol. The smallest absolute Gasteiger partial charge is 0.238 e. The minimum atomic E-state index is -0.516. The zero-order chi connectivity index (χ0) is 13.2. The van der Waals surface area contributed by atoms with Gasteiger partial charge in [0.15, 0.2) is 0 Å². The molecule has 1 saturated heterocycles. The Labute approximate surface area is 117 Å². The average molecular weight is 278 g/mol. The number of carbonyl (C=O) groups excluding carboxylic acids is 1. The Morgan fingerprint density at radius 3 is 3.05 bits per heavy atom. The summed E-state index contributed by atoms with van der Waals surface area (Å²) in [5, 5.41) is 16.3. The second-order valence-corrected chi connectivity index (χ2v) is 6.19. The molecule has 0 saturated carbocycles. The highest BCUT2D eigenvalue weighted by Gasteiger charge is 2.33. The van der Waals surface area contributed by atoms with Crippen LogP contribution in [-0.2, 0) is 11.2 Å². The van der Waals surface area contributed by atoms with Crippen LogP contribution in [0.4, 0.5) is 0 Å². The van der Waals surface area contributed by atoms with Crippen LogP contribution in [0.1, 0.15) is 17.2 Å². The van der Waals surface area contributed by atoms with E-state index >= 15 is 0 Å². The van der Waals surface area contributed by atoms with Crippen LogP contribution in [0, 0.1) is 0 Å². The number of nitrogens with one attached hydrogen (secondary N) is 2. The maximum Gasteiger partial charge on any atom is 0.238 e. The SMILES string of the molecule is O=C(N[C@H]1c2ccccc2C[C@H]1O)C1CSCCN1. The van der Waals surface area contributed by atoms with E-state index in [-0.39, 0.29) is 18.0 Å². The lowest BCUT2D eigenvalue weighted by atomic mass is 10.1. The Kier molecular flexibility index (Phi) is 3.77. The first-order chi connectivity index (χ1) is 9.25.